The summed E-state index contributed by atoms with van der Waals surface area (Å²) >= 11 is 2.16. The molecule has 0 aliphatic rings. The number of aryl methyl sites for hydroxylation is 2. The maximum atomic E-state index is 11.5. The lowest BCUT2D eigenvalue weighted by Gasteiger charge is -2.10. The molecule has 0 spiro atoms. The summed E-state index contributed by atoms with van der Waals surface area (Å²) in [6.45, 7) is 3.64. The lowest BCUT2D eigenvalue weighted by molar-refractivity contribution is 0.0999. The minimum Gasteiger partial charge on any atom is -0.365 e. The van der Waals surface area contributed by atoms with Crippen LogP contribution < -0.4 is 5.73 Å². The Morgan fingerprint density at radius 2 is 2.18 bits per heavy atom. The van der Waals surface area contributed by atoms with Crippen LogP contribution in [0.2, 0.25) is 0 Å². The summed E-state index contributed by atoms with van der Waals surface area (Å²) in [6, 6.07) is 1.80. The fourth-order valence-electron chi connectivity index (χ4n) is 1.73. The molecule has 1 amide bonds. The molecule has 88 valence electrons. The molecule has 5 nitrogen and oxygen atoms in total. The van der Waals surface area contributed by atoms with Crippen LogP contribution in [0.15, 0.2) is 18.5 Å². The summed E-state index contributed by atoms with van der Waals surface area (Å²) in [6.07, 6.45) is 3.55. The number of nitrogens with two attached hydrogens (primary N) is 1. The van der Waals surface area contributed by atoms with Crippen LogP contribution in [0.1, 0.15) is 21.7 Å². The summed E-state index contributed by atoms with van der Waals surface area (Å²) in [5, 5.41) is 4.18. The van der Waals surface area contributed by atoms with Crippen LogP contribution in [0, 0.1) is 17.4 Å². The van der Waals surface area contributed by atoms with Crippen LogP contribution >= 0.6 is 22.6 Å². The number of hydrogen-bond acceptors (Lipinski definition) is 3. The van der Waals surface area contributed by atoms with Crippen molar-refractivity contribution in [1.82, 2.24) is 14.8 Å². The third-order valence-electron chi connectivity index (χ3n) is 2.35. The Hall–Kier alpha value is -1.44. The normalized spacial score (nSPS) is 10.5. The summed E-state index contributed by atoms with van der Waals surface area (Å²) < 4.78 is 2.63. The van der Waals surface area contributed by atoms with Gasteiger partial charge in [-0.05, 0) is 42.5 Å². The first-order chi connectivity index (χ1) is 7.99. The molecule has 0 atom stereocenters. The number of pyridine rings is 1. The van der Waals surface area contributed by atoms with Gasteiger partial charge in [0, 0.05) is 11.9 Å². The number of amides is 1. The fraction of sp³-hybridized carbons (Fsp3) is 0.182. The SMILES string of the molecule is Cc1cc(-n2cc(I)cn2)c(C(N)=O)c(C)n1. The first-order valence-corrected chi connectivity index (χ1v) is 6.05. The Kier molecular flexibility index (Phi) is 3.14. The van der Waals surface area contributed by atoms with Gasteiger partial charge in [0.1, 0.15) is 0 Å². The smallest absolute Gasteiger partial charge is 0.252 e. The second-order valence-corrected chi connectivity index (χ2v) is 4.96. The van der Waals surface area contributed by atoms with E-state index in [0.29, 0.717) is 16.9 Å². The molecule has 2 aromatic rings. The van der Waals surface area contributed by atoms with Crippen molar-refractivity contribution in [2.75, 3.05) is 0 Å². The Balaban J connectivity index is 2.71. The van der Waals surface area contributed by atoms with E-state index in [1.165, 1.54) is 0 Å². The second kappa shape index (κ2) is 4.44. The van der Waals surface area contributed by atoms with Crippen molar-refractivity contribution in [3.8, 4) is 5.69 Å². The van der Waals surface area contributed by atoms with Gasteiger partial charge in [-0.3, -0.25) is 9.78 Å². The van der Waals surface area contributed by atoms with E-state index in [1.807, 2.05) is 13.1 Å². The standard InChI is InChI=1S/C11H11IN4O/c1-6-3-9(16-5-8(12)4-14-16)10(11(13)17)7(2)15-6/h3-5H,1-2H3,(H2,13,17). The number of rotatable bonds is 2. The van der Waals surface area contributed by atoms with Gasteiger partial charge in [0.2, 0.25) is 0 Å². The van der Waals surface area contributed by atoms with E-state index in [0.717, 1.165) is 9.26 Å². The van der Waals surface area contributed by atoms with Crippen LogP contribution in [0.5, 0.6) is 0 Å². The van der Waals surface area contributed by atoms with Gasteiger partial charge in [-0.25, -0.2) is 4.68 Å². The Bertz CT molecular complexity index is 591. The monoisotopic (exact) mass is 342 g/mol. The van der Waals surface area contributed by atoms with E-state index < -0.39 is 5.91 Å². The van der Waals surface area contributed by atoms with E-state index in [1.54, 1.807) is 23.9 Å². The highest BCUT2D eigenvalue weighted by Gasteiger charge is 2.15. The van der Waals surface area contributed by atoms with E-state index in [4.69, 9.17) is 5.73 Å². The Labute approximate surface area is 112 Å². The molecule has 0 saturated carbocycles. The molecule has 0 aromatic carbocycles. The van der Waals surface area contributed by atoms with Crippen LogP contribution in [-0.2, 0) is 0 Å². The molecular weight excluding hydrogens is 331 g/mol. The largest absolute Gasteiger partial charge is 0.365 e. The number of carbonyl (C=O) groups is 1. The summed E-state index contributed by atoms with van der Waals surface area (Å²) in [4.78, 5) is 15.7. The molecule has 2 aromatic heterocycles. The minimum atomic E-state index is -0.490. The number of carbonyl (C=O) groups excluding carboxylic acids is 1. The molecule has 0 bridgehead atoms. The summed E-state index contributed by atoms with van der Waals surface area (Å²) in [7, 11) is 0. The zero-order valence-electron chi connectivity index (χ0n) is 9.44. The number of aromatic nitrogens is 3. The third kappa shape index (κ3) is 2.31. The molecule has 0 aliphatic carbocycles. The van der Waals surface area contributed by atoms with Gasteiger partial charge in [0.15, 0.2) is 0 Å². The molecule has 0 fully saturated rings. The lowest BCUT2D eigenvalue weighted by atomic mass is 10.1. The predicted octanol–water partition coefficient (Wildman–Crippen LogP) is 1.59. The number of primary amides is 1. The van der Waals surface area contributed by atoms with E-state index in [9.17, 15) is 4.79 Å². The predicted molar refractivity (Wildman–Crippen MR) is 72.1 cm³/mol. The topological polar surface area (TPSA) is 73.8 Å². The highest BCUT2D eigenvalue weighted by atomic mass is 127. The van der Waals surface area contributed by atoms with E-state index in [2.05, 4.69) is 32.7 Å². The van der Waals surface area contributed by atoms with Gasteiger partial charge >= 0.3 is 0 Å². The zero-order valence-corrected chi connectivity index (χ0v) is 11.6. The highest BCUT2D eigenvalue weighted by Crippen LogP contribution is 2.18. The van der Waals surface area contributed by atoms with Crippen molar-refractivity contribution in [1.29, 1.82) is 0 Å². The molecule has 0 aliphatic heterocycles. The number of halogens is 1. The second-order valence-electron chi connectivity index (χ2n) is 3.71. The van der Waals surface area contributed by atoms with Crippen LogP contribution in [0.3, 0.4) is 0 Å². The zero-order chi connectivity index (χ0) is 12.6. The highest BCUT2D eigenvalue weighted by molar-refractivity contribution is 14.1. The molecule has 2 rings (SSSR count). The third-order valence-corrected chi connectivity index (χ3v) is 2.91. The van der Waals surface area contributed by atoms with Gasteiger partial charge in [0.05, 0.1) is 26.7 Å². The summed E-state index contributed by atoms with van der Waals surface area (Å²) in [5.41, 5.74) is 7.92. The van der Waals surface area contributed by atoms with Crippen LogP contribution in [0.4, 0.5) is 0 Å². The maximum Gasteiger partial charge on any atom is 0.252 e. The first kappa shape index (κ1) is 12.0. The van der Waals surface area contributed by atoms with Crippen molar-refractivity contribution in [2.45, 2.75) is 13.8 Å². The van der Waals surface area contributed by atoms with Crippen molar-refractivity contribution in [2.24, 2.45) is 5.73 Å². The fourth-order valence-corrected chi connectivity index (χ4v) is 2.11. The quantitative estimate of drug-likeness (QED) is 0.843. The molecule has 6 heteroatoms. The van der Waals surface area contributed by atoms with Crippen molar-refractivity contribution in [3.05, 3.63) is 39.0 Å². The maximum absolute atomic E-state index is 11.5. The van der Waals surface area contributed by atoms with Gasteiger partial charge in [-0.2, -0.15) is 5.10 Å². The first-order valence-electron chi connectivity index (χ1n) is 4.97. The average molecular weight is 342 g/mol. The van der Waals surface area contributed by atoms with Crippen molar-refractivity contribution < 1.29 is 4.79 Å². The molecular formula is C11H11IN4O. The molecule has 0 saturated heterocycles. The van der Waals surface area contributed by atoms with Gasteiger partial charge < -0.3 is 5.73 Å². The number of hydrogen-bond donors (Lipinski definition) is 1. The van der Waals surface area contributed by atoms with Crippen LogP contribution in [0.25, 0.3) is 5.69 Å². The lowest BCUT2D eigenvalue weighted by Crippen LogP contribution is -2.18. The van der Waals surface area contributed by atoms with Crippen LogP contribution in [-0.4, -0.2) is 20.7 Å². The molecule has 0 radical (unpaired) electrons. The molecule has 0 unspecified atom stereocenters. The van der Waals surface area contributed by atoms with Gasteiger partial charge in [0.25, 0.3) is 5.91 Å². The van der Waals surface area contributed by atoms with Gasteiger partial charge in [-0.15, -0.1) is 0 Å². The van der Waals surface area contributed by atoms with E-state index >= 15 is 0 Å². The molecule has 2 heterocycles. The summed E-state index contributed by atoms with van der Waals surface area (Å²) in [5.74, 6) is -0.490. The molecule has 17 heavy (non-hydrogen) atoms. The number of nitrogens with zero attached hydrogens (tertiary/aromatic N) is 3. The van der Waals surface area contributed by atoms with Crippen molar-refractivity contribution >= 4 is 28.5 Å². The van der Waals surface area contributed by atoms with Crippen molar-refractivity contribution in [3.63, 3.8) is 0 Å². The molecule has 2 N–H and O–H groups in total. The Morgan fingerprint density at radius 1 is 1.47 bits per heavy atom. The Morgan fingerprint density at radius 3 is 2.71 bits per heavy atom. The van der Waals surface area contributed by atoms with E-state index in [-0.39, 0.29) is 0 Å². The minimum absolute atomic E-state index is 0.412. The average Bonchev–Trinajstić information content (AvgIpc) is 2.62. The van der Waals surface area contributed by atoms with Gasteiger partial charge in [-0.1, -0.05) is 0 Å².